The number of rotatable bonds is 22. The summed E-state index contributed by atoms with van der Waals surface area (Å²) in [6, 6.07) is 0. The highest BCUT2D eigenvalue weighted by Crippen LogP contribution is 2.11. The molecule has 0 fully saturated rings. The second kappa shape index (κ2) is 23.4. The fraction of sp³-hybridized carbons (Fsp3) is 1.00. The Kier molecular flexibility index (Phi) is 25.3. The maximum atomic E-state index is 8.58. The first-order valence-corrected chi connectivity index (χ1v) is 11.3. The molecule has 0 rings (SSSR count). The van der Waals surface area contributed by atoms with Gasteiger partial charge in [-0.2, -0.15) is 0 Å². The number of aliphatic hydroxyl groups excluding tert-OH is 1. The molecule has 5 nitrogen and oxygen atoms in total. The number of aliphatic hydroxyl groups is 1. The number of hydrogen-bond acceptors (Lipinski definition) is 4. The SMILES string of the molecule is CCCCCCCCCCCC[N+](C)(C)CCOCCOCCOCCO.[Cl-]. The summed E-state index contributed by atoms with van der Waals surface area (Å²) in [7, 11) is 4.60. The van der Waals surface area contributed by atoms with Crippen LogP contribution in [0.25, 0.3) is 0 Å². The molecule has 0 bridgehead atoms. The van der Waals surface area contributed by atoms with Crippen LogP contribution in [-0.2, 0) is 14.2 Å². The minimum Gasteiger partial charge on any atom is -1.00 e. The zero-order valence-electron chi connectivity index (χ0n) is 18.9. The zero-order chi connectivity index (χ0) is 20.1. The van der Waals surface area contributed by atoms with Gasteiger partial charge in [0.25, 0.3) is 0 Å². The molecule has 0 radical (unpaired) electrons. The van der Waals surface area contributed by atoms with Crippen molar-refractivity contribution < 1.29 is 36.2 Å². The van der Waals surface area contributed by atoms with Crippen molar-refractivity contribution in [2.45, 2.75) is 71.1 Å². The minimum atomic E-state index is 0. The molecule has 0 aliphatic heterocycles. The van der Waals surface area contributed by atoms with Crippen LogP contribution in [0.1, 0.15) is 71.1 Å². The lowest BCUT2D eigenvalue weighted by Gasteiger charge is -2.29. The third-order valence-corrected chi connectivity index (χ3v) is 4.94. The number of hydrogen-bond donors (Lipinski definition) is 1. The van der Waals surface area contributed by atoms with Gasteiger partial charge in [-0.3, -0.25) is 0 Å². The van der Waals surface area contributed by atoms with E-state index in [1.54, 1.807) is 0 Å². The summed E-state index contributed by atoms with van der Waals surface area (Å²) in [6.45, 7) is 8.13. The van der Waals surface area contributed by atoms with E-state index in [-0.39, 0.29) is 19.0 Å². The smallest absolute Gasteiger partial charge is 0.102 e. The maximum Gasteiger partial charge on any atom is 0.102 e. The molecule has 0 amide bonds. The Hall–Kier alpha value is 0.0900. The standard InChI is InChI=1S/C22H48NO4.ClH/c1-4-5-6-7-8-9-10-11-12-13-14-23(2,3)15-17-25-19-21-27-22-20-26-18-16-24;/h24H,4-22H2,1-3H3;1H/q+1;/p-1. The van der Waals surface area contributed by atoms with E-state index in [4.69, 9.17) is 19.3 Å². The van der Waals surface area contributed by atoms with Gasteiger partial charge >= 0.3 is 0 Å². The van der Waals surface area contributed by atoms with E-state index < -0.39 is 0 Å². The number of likely N-dealkylation sites (N-methyl/N-ethyl adjacent to an activating group) is 1. The molecule has 0 spiro atoms. The van der Waals surface area contributed by atoms with Gasteiger partial charge in [-0.05, 0) is 12.8 Å². The van der Waals surface area contributed by atoms with E-state index in [9.17, 15) is 0 Å². The van der Waals surface area contributed by atoms with Crippen LogP contribution in [0.4, 0.5) is 0 Å². The number of quaternary nitrogens is 1. The molecule has 0 saturated heterocycles. The summed E-state index contributed by atoms with van der Waals surface area (Å²) < 4.78 is 17.2. The summed E-state index contributed by atoms with van der Waals surface area (Å²) in [5.41, 5.74) is 0. The largest absolute Gasteiger partial charge is 1.00 e. The lowest BCUT2D eigenvalue weighted by atomic mass is 10.1. The lowest BCUT2D eigenvalue weighted by Crippen LogP contribution is -3.00. The van der Waals surface area contributed by atoms with Crippen LogP contribution in [0.3, 0.4) is 0 Å². The summed E-state index contributed by atoms with van der Waals surface area (Å²) in [6.07, 6.45) is 13.9. The van der Waals surface area contributed by atoms with Crippen molar-refractivity contribution in [1.82, 2.24) is 0 Å². The second-order valence-corrected chi connectivity index (χ2v) is 8.13. The third-order valence-electron chi connectivity index (χ3n) is 4.94. The average molecular weight is 426 g/mol. The number of unbranched alkanes of at least 4 members (excludes halogenated alkanes) is 9. The molecule has 0 aliphatic carbocycles. The number of nitrogens with zero attached hydrogens (tertiary/aromatic N) is 1. The second-order valence-electron chi connectivity index (χ2n) is 8.13. The van der Waals surface area contributed by atoms with E-state index >= 15 is 0 Å². The molecule has 28 heavy (non-hydrogen) atoms. The normalized spacial score (nSPS) is 11.6. The van der Waals surface area contributed by atoms with E-state index in [1.165, 1.54) is 70.8 Å². The topological polar surface area (TPSA) is 47.9 Å². The Morgan fingerprint density at radius 3 is 1.50 bits per heavy atom. The van der Waals surface area contributed by atoms with Gasteiger partial charge in [0, 0.05) is 0 Å². The molecule has 0 aromatic carbocycles. The van der Waals surface area contributed by atoms with Crippen molar-refractivity contribution in [3.63, 3.8) is 0 Å². The molecule has 0 unspecified atom stereocenters. The highest BCUT2D eigenvalue weighted by atomic mass is 35.5. The third kappa shape index (κ3) is 24.1. The molecule has 0 heterocycles. The van der Waals surface area contributed by atoms with Crippen LogP contribution < -0.4 is 12.4 Å². The predicted octanol–water partition coefficient (Wildman–Crippen LogP) is 1.03. The van der Waals surface area contributed by atoms with Crippen LogP contribution in [0.5, 0.6) is 0 Å². The molecule has 1 N–H and O–H groups in total. The Bertz CT molecular complexity index is 268. The highest BCUT2D eigenvalue weighted by Gasteiger charge is 2.13. The van der Waals surface area contributed by atoms with Gasteiger partial charge in [-0.1, -0.05) is 58.3 Å². The van der Waals surface area contributed by atoms with E-state index in [1.807, 2.05) is 0 Å². The maximum absolute atomic E-state index is 8.58. The molecule has 0 aromatic heterocycles. The summed E-state index contributed by atoms with van der Waals surface area (Å²) >= 11 is 0. The molecule has 172 valence electrons. The Morgan fingerprint density at radius 2 is 1.00 bits per heavy atom. The van der Waals surface area contributed by atoms with Crippen molar-refractivity contribution in [2.24, 2.45) is 0 Å². The van der Waals surface area contributed by atoms with Gasteiger partial charge < -0.3 is 36.2 Å². The summed E-state index contributed by atoms with van der Waals surface area (Å²) in [5.74, 6) is 0. The van der Waals surface area contributed by atoms with Gasteiger partial charge in [0.15, 0.2) is 0 Å². The predicted molar refractivity (Wildman–Crippen MR) is 113 cm³/mol. The first kappa shape index (κ1) is 30.3. The van der Waals surface area contributed by atoms with Gasteiger partial charge in [-0.15, -0.1) is 0 Å². The van der Waals surface area contributed by atoms with Crippen molar-refractivity contribution in [3.8, 4) is 0 Å². The van der Waals surface area contributed by atoms with E-state index in [2.05, 4.69) is 21.0 Å². The molecule has 0 aromatic rings. The average Bonchev–Trinajstić information content (AvgIpc) is 2.64. The van der Waals surface area contributed by atoms with Crippen LogP contribution in [0, 0.1) is 0 Å². The molecule has 6 heteroatoms. The lowest BCUT2D eigenvalue weighted by molar-refractivity contribution is -0.891. The Labute approximate surface area is 181 Å². The first-order valence-electron chi connectivity index (χ1n) is 11.3. The van der Waals surface area contributed by atoms with Gasteiger partial charge in [0.2, 0.25) is 0 Å². The van der Waals surface area contributed by atoms with Crippen LogP contribution in [0.2, 0.25) is 0 Å². The Morgan fingerprint density at radius 1 is 0.571 bits per heavy atom. The van der Waals surface area contributed by atoms with Gasteiger partial charge in [0.05, 0.1) is 66.9 Å². The molecular weight excluding hydrogens is 378 g/mol. The van der Waals surface area contributed by atoms with Crippen molar-refractivity contribution >= 4 is 0 Å². The summed E-state index contributed by atoms with van der Waals surface area (Å²) in [5, 5.41) is 8.58. The molecule has 0 aliphatic rings. The van der Waals surface area contributed by atoms with Gasteiger partial charge in [0.1, 0.15) is 6.54 Å². The zero-order valence-corrected chi connectivity index (χ0v) is 19.7. The summed E-state index contributed by atoms with van der Waals surface area (Å²) in [4.78, 5) is 0. The van der Waals surface area contributed by atoms with Crippen molar-refractivity contribution in [1.29, 1.82) is 0 Å². The number of ether oxygens (including phenoxy) is 3. The minimum absolute atomic E-state index is 0. The first-order chi connectivity index (χ1) is 13.1. The molecule has 0 atom stereocenters. The van der Waals surface area contributed by atoms with Crippen molar-refractivity contribution in [3.05, 3.63) is 0 Å². The van der Waals surface area contributed by atoms with Gasteiger partial charge in [-0.25, -0.2) is 0 Å². The highest BCUT2D eigenvalue weighted by molar-refractivity contribution is 4.48. The Balaban J connectivity index is 0. The van der Waals surface area contributed by atoms with Crippen LogP contribution >= 0.6 is 0 Å². The van der Waals surface area contributed by atoms with Crippen molar-refractivity contribution in [2.75, 3.05) is 73.4 Å². The monoisotopic (exact) mass is 425 g/mol. The fourth-order valence-electron chi connectivity index (χ4n) is 3.06. The fourth-order valence-corrected chi connectivity index (χ4v) is 3.06. The molecular formula is C22H48ClNO4. The van der Waals surface area contributed by atoms with E-state index in [0.29, 0.717) is 33.0 Å². The van der Waals surface area contributed by atoms with E-state index in [0.717, 1.165) is 17.6 Å². The molecule has 0 saturated carbocycles. The number of halogens is 1. The van der Waals surface area contributed by atoms with Crippen LogP contribution in [-0.4, -0.2) is 83.0 Å². The quantitative estimate of drug-likeness (QED) is 0.208. The van der Waals surface area contributed by atoms with Crippen LogP contribution in [0.15, 0.2) is 0 Å².